The van der Waals surface area contributed by atoms with Crippen LogP contribution in [0.4, 0.5) is 5.69 Å². The largest absolute Gasteiger partial charge is 0.388 e. The van der Waals surface area contributed by atoms with Gasteiger partial charge in [-0.1, -0.05) is 18.2 Å². The first kappa shape index (κ1) is 12.2. The number of hydrogen-bond donors (Lipinski definition) is 1. The standard InChI is InChI=1S/C13H12N2O3/c16-13(11-2-1-7-14-9-11)8-10-3-5-12(6-4-10)15(17)18/h1-7,9,13,16H,8H2. The minimum absolute atomic E-state index is 0.0506. The van der Waals surface area contributed by atoms with Crippen LogP contribution in [0.25, 0.3) is 0 Å². The maximum absolute atomic E-state index is 10.5. The van der Waals surface area contributed by atoms with Crippen molar-refractivity contribution in [3.05, 3.63) is 70.0 Å². The summed E-state index contributed by atoms with van der Waals surface area (Å²) in [7, 11) is 0. The number of pyridine rings is 1. The Kier molecular flexibility index (Phi) is 3.64. The Morgan fingerprint density at radius 3 is 2.56 bits per heavy atom. The van der Waals surface area contributed by atoms with Crippen molar-refractivity contribution in [2.45, 2.75) is 12.5 Å². The molecule has 5 heteroatoms. The van der Waals surface area contributed by atoms with Crippen LogP contribution < -0.4 is 0 Å². The molecule has 0 saturated heterocycles. The summed E-state index contributed by atoms with van der Waals surface area (Å²) in [5, 5.41) is 20.5. The summed E-state index contributed by atoms with van der Waals surface area (Å²) in [5.74, 6) is 0. The van der Waals surface area contributed by atoms with E-state index in [4.69, 9.17) is 0 Å². The highest BCUT2D eigenvalue weighted by Crippen LogP contribution is 2.19. The van der Waals surface area contributed by atoms with Gasteiger partial charge in [-0.05, 0) is 17.2 Å². The quantitative estimate of drug-likeness (QED) is 0.661. The first-order chi connectivity index (χ1) is 8.66. The van der Waals surface area contributed by atoms with Crippen LogP contribution in [0.1, 0.15) is 17.2 Å². The lowest BCUT2D eigenvalue weighted by Crippen LogP contribution is -2.02. The predicted molar refractivity (Wildman–Crippen MR) is 66.0 cm³/mol. The number of aromatic nitrogens is 1. The summed E-state index contributed by atoms with van der Waals surface area (Å²) >= 11 is 0. The van der Waals surface area contributed by atoms with Gasteiger partial charge in [0.1, 0.15) is 0 Å². The van der Waals surface area contributed by atoms with E-state index < -0.39 is 11.0 Å². The van der Waals surface area contributed by atoms with Gasteiger partial charge in [0.25, 0.3) is 5.69 Å². The van der Waals surface area contributed by atoms with Crippen molar-refractivity contribution in [2.75, 3.05) is 0 Å². The number of rotatable bonds is 4. The fraction of sp³-hybridized carbons (Fsp3) is 0.154. The number of nitro groups is 1. The van der Waals surface area contributed by atoms with Crippen molar-refractivity contribution in [2.24, 2.45) is 0 Å². The minimum atomic E-state index is -0.653. The van der Waals surface area contributed by atoms with Crippen molar-refractivity contribution in [3.63, 3.8) is 0 Å². The molecular weight excluding hydrogens is 232 g/mol. The van der Waals surface area contributed by atoms with Crippen LogP contribution in [0.15, 0.2) is 48.8 Å². The van der Waals surface area contributed by atoms with E-state index in [0.717, 1.165) is 11.1 Å². The van der Waals surface area contributed by atoms with Crippen LogP contribution in [-0.2, 0) is 6.42 Å². The molecule has 0 amide bonds. The molecule has 2 aromatic rings. The van der Waals surface area contributed by atoms with E-state index in [1.54, 1.807) is 36.7 Å². The van der Waals surface area contributed by atoms with Gasteiger partial charge in [0, 0.05) is 30.9 Å². The molecular formula is C13H12N2O3. The minimum Gasteiger partial charge on any atom is -0.388 e. The highest BCUT2D eigenvalue weighted by Gasteiger charge is 2.10. The zero-order chi connectivity index (χ0) is 13.0. The van der Waals surface area contributed by atoms with Gasteiger partial charge in [-0.25, -0.2) is 0 Å². The van der Waals surface area contributed by atoms with Crippen molar-refractivity contribution in [1.29, 1.82) is 0 Å². The molecule has 0 aliphatic carbocycles. The second-order valence-electron chi connectivity index (χ2n) is 3.93. The number of nitro benzene ring substituents is 1. The second kappa shape index (κ2) is 5.37. The van der Waals surface area contributed by atoms with Gasteiger partial charge in [0.05, 0.1) is 11.0 Å². The molecule has 0 saturated carbocycles. The third kappa shape index (κ3) is 2.89. The number of non-ortho nitro benzene ring substituents is 1. The third-order valence-corrected chi connectivity index (χ3v) is 2.65. The average Bonchev–Trinajstić information content (AvgIpc) is 2.40. The normalized spacial score (nSPS) is 12.1. The first-order valence-corrected chi connectivity index (χ1v) is 5.48. The molecule has 0 aliphatic rings. The van der Waals surface area contributed by atoms with Crippen LogP contribution in [0.3, 0.4) is 0 Å². The smallest absolute Gasteiger partial charge is 0.269 e. The Morgan fingerprint density at radius 1 is 1.28 bits per heavy atom. The summed E-state index contributed by atoms with van der Waals surface area (Å²) in [6.45, 7) is 0. The molecule has 18 heavy (non-hydrogen) atoms. The number of benzene rings is 1. The predicted octanol–water partition coefficient (Wildman–Crippen LogP) is 2.27. The van der Waals surface area contributed by atoms with Gasteiger partial charge in [-0.2, -0.15) is 0 Å². The summed E-state index contributed by atoms with van der Waals surface area (Å²) in [6.07, 6.45) is 3.00. The molecule has 5 nitrogen and oxygen atoms in total. The average molecular weight is 244 g/mol. The topological polar surface area (TPSA) is 76.3 Å². The maximum Gasteiger partial charge on any atom is 0.269 e. The molecule has 1 N–H and O–H groups in total. The van der Waals surface area contributed by atoms with E-state index in [1.807, 2.05) is 0 Å². The van der Waals surface area contributed by atoms with Gasteiger partial charge < -0.3 is 5.11 Å². The summed E-state index contributed by atoms with van der Waals surface area (Å²) in [5.41, 5.74) is 1.63. The molecule has 0 fully saturated rings. The lowest BCUT2D eigenvalue weighted by molar-refractivity contribution is -0.384. The Morgan fingerprint density at radius 2 is 2.00 bits per heavy atom. The van der Waals surface area contributed by atoms with Gasteiger partial charge in [0.15, 0.2) is 0 Å². The Hall–Kier alpha value is -2.27. The van der Waals surface area contributed by atoms with Crippen LogP contribution in [0.5, 0.6) is 0 Å². The Bertz CT molecular complexity index is 526. The highest BCUT2D eigenvalue weighted by molar-refractivity contribution is 5.33. The molecule has 1 aromatic heterocycles. The summed E-state index contributed by atoms with van der Waals surface area (Å²) in [6, 6.07) is 9.73. The SMILES string of the molecule is O=[N+]([O-])c1ccc(CC(O)c2cccnc2)cc1. The van der Waals surface area contributed by atoms with Gasteiger partial charge in [0.2, 0.25) is 0 Å². The van der Waals surface area contributed by atoms with E-state index in [-0.39, 0.29) is 5.69 Å². The number of aliphatic hydroxyl groups is 1. The van der Waals surface area contributed by atoms with Gasteiger partial charge in [-0.15, -0.1) is 0 Å². The number of aliphatic hydroxyl groups excluding tert-OH is 1. The molecule has 2 rings (SSSR count). The number of hydrogen-bond acceptors (Lipinski definition) is 4. The molecule has 0 aliphatic heterocycles. The Balaban J connectivity index is 2.08. The second-order valence-corrected chi connectivity index (χ2v) is 3.93. The van der Waals surface area contributed by atoms with Crippen molar-refractivity contribution in [1.82, 2.24) is 4.98 Å². The first-order valence-electron chi connectivity index (χ1n) is 5.48. The lowest BCUT2D eigenvalue weighted by atomic mass is 10.0. The lowest BCUT2D eigenvalue weighted by Gasteiger charge is -2.10. The van der Waals surface area contributed by atoms with E-state index in [1.165, 1.54) is 12.1 Å². The van der Waals surface area contributed by atoms with Crippen LogP contribution in [0, 0.1) is 10.1 Å². The van der Waals surface area contributed by atoms with Gasteiger partial charge >= 0.3 is 0 Å². The van der Waals surface area contributed by atoms with Crippen LogP contribution in [-0.4, -0.2) is 15.0 Å². The van der Waals surface area contributed by atoms with E-state index in [0.29, 0.717) is 6.42 Å². The number of nitrogens with zero attached hydrogens (tertiary/aromatic N) is 2. The summed E-state index contributed by atoms with van der Waals surface area (Å²) < 4.78 is 0. The van der Waals surface area contributed by atoms with Crippen molar-refractivity contribution >= 4 is 5.69 Å². The van der Waals surface area contributed by atoms with E-state index in [9.17, 15) is 15.2 Å². The zero-order valence-electron chi connectivity index (χ0n) is 9.56. The summed E-state index contributed by atoms with van der Waals surface area (Å²) in [4.78, 5) is 14.0. The molecule has 0 bridgehead atoms. The van der Waals surface area contributed by atoms with Crippen molar-refractivity contribution in [3.8, 4) is 0 Å². The maximum atomic E-state index is 10.5. The highest BCUT2D eigenvalue weighted by atomic mass is 16.6. The molecule has 1 atom stereocenters. The molecule has 1 heterocycles. The Labute approximate surface area is 104 Å². The molecule has 1 unspecified atom stereocenters. The van der Waals surface area contributed by atoms with Crippen LogP contribution >= 0.6 is 0 Å². The monoisotopic (exact) mass is 244 g/mol. The van der Waals surface area contributed by atoms with Gasteiger partial charge in [-0.3, -0.25) is 15.1 Å². The van der Waals surface area contributed by atoms with E-state index in [2.05, 4.69) is 4.98 Å². The van der Waals surface area contributed by atoms with Crippen molar-refractivity contribution < 1.29 is 10.0 Å². The molecule has 0 radical (unpaired) electrons. The fourth-order valence-corrected chi connectivity index (χ4v) is 1.67. The molecule has 1 aromatic carbocycles. The molecule has 0 spiro atoms. The third-order valence-electron chi connectivity index (χ3n) is 2.65. The fourth-order valence-electron chi connectivity index (χ4n) is 1.67. The van der Waals surface area contributed by atoms with Crippen LogP contribution in [0.2, 0.25) is 0 Å². The zero-order valence-corrected chi connectivity index (χ0v) is 9.56. The van der Waals surface area contributed by atoms with E-state index >= 15 is 0 Å². The molecule has 92 valence electrons.